The number of Topliss-reactive ketones (excluding diaryl/α,β-unsaturated/α-hetero) is 1. The predicted molar refractivity (Wildman–Crippen MR) is 107 cm³/mol. The molecule has 134 valence electrons. The van der Waals surface area contributed by atoms with E-state index in [4.69, 9.17) is 0 Å². The van der Waals surface area contributed by atoms with E-state index in [1.54, 1.807) is 0 Å². The van der Waals surface area contributed by atoms with E-state index in [1.165, 1.54) is 11.8 Å². The fourth-order valence-corrected chi connectivity index (χ4v) is 4.49. The first-order chi connectivity index (χ1) is 12.6. The maximum absolute atomic E-state index is 12.9. The number of rotatable bonds is 3. The minimum Gasteiger partial charge on any atom is -0.343 e. The first kappa shape index (κ1) is 17.5. The minimum absolute atomic E-state index is 0.115. The zero-order valence-corrected chi connectivity index (χ0v) is 16.7. The Morgan fingerprint density at radius 2 is 2.00 bits per heavy atom. The summed E-state index contributed by atoms with van der Waals surface area (Å²) in [6.07, 6.45) is 2.16. The molecular weight excluding hydrogens is 414 g/mol. The zero-order valence-electron chi connectivity index (χ0n) is 14.3. The summed E-state index contributed by atoms with van der Waals surface area (Å²) in [7, 11) is 0. The van der Waals surface area contributed by atoms with Crippen LogP contribution in [0.15, 0.2) is 50.0 Å². The second-order valence-electron chi connectivity index (χ2n) is 6.34. The van der Waals surface area contributed by atoms with Crippen molar-refractivity contribution in [3.8, 4) is 0 Å². The second kappa shape index (κ2) is 7.04. The standard InChI is InChI=1S/C19H18BrN3O2S/c1-2-26-19-22-17-16(18(25)23-19)14(10-6-8-11(20)9-7-10)15-12(21-17)4-3-5-13(15)24/h6-9,14H,2-5H2,1H3,(H2,21,22,23,25)/t14-/m0/s1. The maximum Gasteiger partial charge on any atom is 0.257 e. The van der Waals surface area contributed by atoms with Gasteiger partial charge in [-0.1, -0.05) is 46.7 Å². The number of hydrogen-bond acceptors (Lipinski definition) is 5. The van der Waals surface area contributed by atoms with Gasteiger partial charge in [-0.15, -0.1) is 0 Å². The molecule has 5 nitrogen and oxygen atoms in total. The molecule has 2 heterocycles. The van der Waals surface area contributed by atoms with Crippen molar-refractivity contribution in [1.82, 2.24) is 9.97 Å². The lowest BCUT2D eigenvalue weighted by atomic mass is 9.76. The second-order valence-corrected chi connectivity index (χ2v) is 8.51. The van der Waals surface area contributed by atoms with E-state index in [0.717, 1.165) is 34.3 Å². The van der Waals surface area contributed by atoms with Gasteiger partial charge in [0.25, 0.3) is 5.56 Å². The van der Waals surface area contributed by atoms with E-state index in [1.807, 2.05) is 31.2 Å². The molecule has 2 N–H and O–H groups in total. The Bertz CT molecular complexity index is 966. The topological polar surface area (TPSA) is 74.8 Å². The molecule has 0 fully saturated rings. The molecule has 0 amide bonds. The van der Waals surface area contributed by atoms with Gasteiger partial charge in [-0.25, -0.2) is 4.98 Å². The Hall–Kier alpha value is -1.86. The molecule has 1 atom stereocenters. The number of aromatic nitrogens is 2. The molecule has 0 spiro atoms. The lowest BCUT2D eigenvalue weighted by Gasteiger charge is -2.32. The van der Waals surface area contributed by atoms with Crippen LogP contribution in [0.3, 0.4) is 0 Å². The van der Waals surface area contributed by atoms with Crippen molar-refractivity contribution >= 4 is 39.3 Å². The normalized spacial score (nSPS) is 19.0. The molecule has 1 aliphatic heterocycles. The Morgan fingerprint density at radius 1 is 1.23 bits per heavy atom. The Morgan fingerprint density at radius 3 is 2.73 bits per heavy atom. The highest BCUT2D eigenvalue weighted by Gasteiger charge is 2.37. The van der Waals surface area contributed by atoms with Gasteiger partial charge in [0.1, 0.15) is 5.82 Å². The summed E-state index contributed by atoms with van der Waals surface area (Å²) in [6, 6.07) is 7.80. The summed E-state index contributed by atoms with van der Waals surface area (Å²) in [4.78, 5) is 33.1. The van der Waals surface area contributed by atoms with Crippen molar-refractivity contribution in [2.75, 3.05) is 11.1 Å². The molecule has 1 aromatic carbocycles. The molecule has 1 aromatic heterocycles. The smallest absolute Gasteiger partial charge is 0.257 e. The molecule has 2 aliphatic rings. The van der Waals surface area contributed by atoms with E-state index in [9.17, 15) is 9.59 Å². The van der Waals surface area contributed by atoms with Crippen LogP contribution >= 0.6 is 27.7 Å². The maximum atomic E-state index is 12.9. The minimum atomic E-state index is -0.376. The van der Waals surface area contributed by atoms with Gasteiger partial charge in [0.15, 0.2) is 10.9 Å². The summed E-state index contributed by atoms with van der Waals surface area (Å²) in [5.41, 5.74) is 2.90. The SMILES string of the molecule is CCSc1nc2c(c(=O)[nH]1)[C@@H](c1ccc(Br)cc1)C1=C(CCCC1=O)N2. The van der Waals surface area contributed by atoms with Gasteiger partial charge in [0.2, 0.25) is 0 Å². The molecule has 2 aromatic rings. The predicted octanol–water partition coefficient (Wildman–Crippen LogP) is 4.21. The molecule has 1 aliphatic carbocycles. The van der Waals surface area contributed by atoms with Crippen LogP contribution in [-0.2, 0) is 4.79 Å². The lowest BCUT2D eigenvalue weighted by molar-refractivity contribution is -0.116. The van der Waals surface area contributed by atoms with Crippen molar-refractivity contribution in [3.63, 3.8) is 0 Å². The van der Waals surface area contributed by atoms with E-state index in [-0.39, 0.29) is 17.3 Å². The molecule has 0 saturated carbocycles. The number of allylic oxidation sites excluding steroid dienone is 2. The van der Waals surface area contributed by atoms with Crippen LogP contribution in [0.4, 0.5) is 5.82 Å². The van der Waals surface area contributed by atoms with Crippen LogP contribution in [0.1, 0.15) is 43.2 Å². The summed E-state index contributed by atoms with van der Waals surface area (Å²) in [6.45, 7) is 2.02. The Balaban J connectivity index is 1.94. The van der Waals surface area contributed by atoms with E-state index in [0.29, 0.717) is 28.5 Å². The molecular formula is C19H18BrN3O2S. The molecule has 7 heteroatoms. The van der Waals surface area contributed by atoms with Crippen molar-refractivity contribution in [3.05, 3.63) is 61.5 Å². The number of anilines is 1. The number of carbonyl (C=O) groups is 1. The molecule has 0 radical (unpaired) electrons. The summed E-state index contributed by atoms with van der Waals surface area (Å²) < 4.78 is 0.960. The number of ketones is 1. The van der Waals surface area contributed by atoms with Gasteiger partial charge >= 0.3 is 0 Å². The number of thioether (sulfide) groups is 1. The molecule has 0 saturated heterocycles. The third kappa shape index (κ3) is 3.03. The van der Waals surface area contributed by atoms with Crippen molar-refractivity contribution in [1.29, 1.82) is 0 Å². The van der Waals surface area contributed by atoms with Crippen molar-refractivity contribution in [2.24, 2.45) is 0 Å². The van der Waals surface area contributed by atoms with Gasteiger partial charge in [-0.05, 0) is 36.3 Å². The third-order valence-electron chi connectivity index (χ3n) is 4.72. The largest absolute Gasteiger partial charge is 0.343 e. The summed E-state index contributed by atoms with van der Waals surface area (Å²) in [5, 5.41) is 3.89. The Labute approximate surface area is 163 Å². The summed E-state index contributed by atoms with van der Waals surface area (Å²) >= 11 is 4.94. The molecule has 4 rings (SSSR count). The fraction of sp³-hybridized carbons (Fsp3) is 0.316. The van der Waals surface area contributed by atoms with Crippen LogP contribution in [0, 0.1) is 0 Å². The average Bonchev–Trinajstić information content (AvgIpc) is 2.61. The lowest BCUT2D eigenvalue weighted by Crippen LogP contribution is -2.32. The summed E-state index contributed by atoms with van der Waals surface area (Å²) in [5.74, 6) is 1.14. The number of fused-ring (bicyclic) bond motifs is 1. The first-order valence-corrected chi connectivity index (χ1v) is 10.4. The van der Waals surface area contributed by atoms with Gasteiger partial charge < -0.3 is 10.3 Å². The number of hydrogen-bond donors (Lipinski definition) is 2. The highest BCUT2D eigenvalue weighted by molar-refractivity contribution is 9.10. The van der Waals surface area contributed by atoms with Crippen molar-refractivity contribution < 1.29 is 4.79 Å². The number of nitrogens with zero attached hydrogens (tertiary/aromatic N) is 1. The van der Waals surface area contributed by atoms with Gasteiger partial charge in [0, 0.05) is 28.1 Å². The number of carbonyl (C=O) groups excluding carboxylic acids is 1. The van der Waals surface area contributed by atoms with Gasteiger partial charge in [-0.3, -0.25) is 9.59 Å². The highest BCUT2D eigenvalue weighted by Crippen LogP contribution is 2.43. The van der Waals surface area contributed by atoms with Crippen LogP contribution in [0.5, 0.6) is 0 Å². The van der Waals surface area contributed by atoms with E-state index < -0.39 is 0 Å². The average molecular weight is 432 g/mol. The van der Waals surface area contributed by atoms with Crippen molar-refractivity contribution in [2.45, 2.75) is 37.3 Å². The quantitative estimate of drug-likeness (QED) is 0.562. The van der Waals surface area contributed by atoms with Gasteiger partial charge in [-0.2, -0.15) is 0 Å². The number of halogens is 1. The first-order valence-electron chi connectivity index (χ1n) is 8.64. The molecule has 0 unspecified atom stereocenters. The van der Waals surface area contributed by atoms with Crippen LogP contribution < -0.4 is 10.9 Å². The van der Waals surface area contributed by atoms with E-state index >= 15 is 0 Å². The third-order valence-corrected chi connectivity index (χ3v) is 6.00. The van der Waals surface area contributed by atoms with Gasteiger partial charge in [0.05, 0.1) is 5.56 Å². The van der Waals surface area contributed by atoms with Crippen LogP contribution in [0.25, 0.3) is 0 Å². The zero-order chi connectivity index (χ0) is 18.3. The number of nitrogens with one attached hydrogen (secondary N) is 2. The monoisotopic (exact) mass is 431 g/mol. The number of aromatic amines is 1. The molecule has 0 bridgehead atoms. The number of benzene rings is 1. The van der Waals surface area contributed by atoms with E-state index in [2.05, 4.69) is 31.2 Å². The highest BCUT2D eigenvalue weighted by atomic mass is 79.9. The Kier molecular flexibility index (Phi) is 4.75. The fourth-order valence-electron chi connectivity index (χ4n) is 3.63. The van der Waals surface area contributed by atoms with Crippen LogP contribution in [0.2, 0.25) is 0 Å². The van der Waals surface area contributed by atoms with Crippen LogP contribution in [-0.4, -0.2) is 21.5 Å². The number of H-pyrrole nitrogens is 1. The molecule has 26 heavy (non-hydrogen) atoms.